The van der Waals surface area contributed by atoms with Crippen LogP contribution in [0.4, 0.5) is 5.69 Å². The molecule has 7 heteroatoms. The molecule has 1 aliphatic heterocycles. The molecule has 2 aromatic carbocycles. The first-order chi connectivity index (χ1) is 16.1. The Morgan fingerprint density at radius 2 is 1.61 bits per heavy atom. The van der Waals surface area contributed by atoms with Gasteiger partial charge in [-0.2, -0.15) is 5.10 Å². The van der Waals surface area contributed by atoms with E-state index in [1.165, 1.54) is 5.56 Å². The predicted molar refractivity (Wildman–Crippen MR) is 131 cm³/mol. The van der Waals surface area contributed by atoms with Crippen LogP contribution in [0.1, 0.15) is 16.1 Å². The molecule has 1 saturated heterocycles. The Morgan fingerprint density at radius 1 is 0.909 bits per heavy atom. The maximum atomic E-state index is 13.4. The van der Waals surface area contributed by atoms with Crippen molar-refractivity contribution >= 4 is 23.2 Å². The maximum Gasteiger partial charge on any atom is 0.274 e. The van der Waals surface area contributed by atoms with Crippen LogP contribution in [0.5, 0.6) is 0 Å². The van der Waals surface area contributed by atoms with E-state index >= 15 is 0 Å². The molecule has 0 atom stereocenters. The lowest BCUT2D eigenvalue weighted by molar-refractivity contribution is 0.0740. The molecule has 6 nitrogen and oxygen atoms in total. The van der Waals surface area contributed by atoms with Gasteiger partial charge in [0.1, 0.15) is 0 Å². The van der Waals surface area contributed by atoms with Gasteiger partial charge in [-0.15, -0.1) is 0 Å². The molecule has 1 aliphatic rings. The second kappa shape index (κ2) is 9.08. The highest BCUT2D eigenvalue weighted by Gasteiger charge is 2.25. The zero-order valence-electron chi connectivity index (χ0n) is 18.4. The molecule has 0 radical (unpaired) electrons. The van der Waals surface area contributed by atoms with Gasteiger partial charge in [-0.1, -0.05) is 29.3 Å². The van der Waals surface area contributed by atoms with E-state index in [0.29, 0.717) is 18.8 Å². The minimum atomic E-state index is -0.0539. The first-order valence-electron chi connectivity index (χ1n) is 11.0. The Morgan fingerprint density at radius 3 is 2.27 bits per heavy atom. The lowest BCUT2D eigenvalue weighted by Crippen LogP contribution is -2.48. The van der Waals surface area contributed by atoms with Gasteiger partial charge < -0.3 is 9.80 Å². The lowest BCUT2D eigenvalue weighted by atomic mass is 10.1. The third kappa shape index (κ3) is 4.47. The van der Waals surface area contributed by atoms with Crippen LogP contribution in [-0.4, -0.2) is 51.8 Å². The molecule has 1 fully saturated rings. The average molecular weight is 458 g/mol. The molecule has 2 aromatic heterocycles. The summed E-state index contributed by atoms with van der Waals surface area (Å²) in [5, 5.41) is 5.44. The number of piperazine rings is 1. The van der Waals surface area contributed by atoms with Gasteiger partial charge in [0.25, 0.3) is 5.91 Å². The molecule has 3 heterocycles. The van der Waals surface area contributed by atoms with Gasteiger partial charge in [0.15, 0.2) is 5.69 Å². The van der Waals surface area contributed by atoms with Crippen molar-refractivity contribution in [3.8, 4) is 16.9 Å². The van der Waals surface area contributed by atoms with E-state index in [-0.39, 0.29) is 5.91 Å². The van der Waals surface area contributed by atoms with Crippen LogP contribution >= 0.6 is 11.6 Å². The maximum absolute atomic E-state index is 13.4. The molecule has 0 bridgehead atoms. The fraction of sp³-hybridized carbons (Fsp3) is 0.192. The number of carbonyl (C=O) groups excluding carboxylic acids is 1. The molecule has 0 spiro atoms. The summed E-state index contributed by atoms with van der Waals surface area (Å²) in [6.07, 6.45) is 3.53. The molecule has 0 aliphatic carbocycles. The molecule has 0 N–H and O–H groups in total. The van der Waals surface area contributed by atoms with Crippen molar-refractivity contribution in [2.75, 3.05) is 31.1 Å². The molecular weight excluding hydrogens is 434 g/mol. The van der Waals surface area contributed by atoms with Crippen molar-refractivity contribution in [3.05, 3.63) is 95.4 Å². The van der Waals surface area contributed by atoms with Crippen molar-refractivity contribution in [2.24, 2.45) is 0 Å². The monoisotopic (exact) mass is 457 g/mol. The standard InChI is InChI=1S/C26H24ClN5O/c1-19-4-8-23(9-5-19)32-25(20-3-2-12-28-18-20)17-24(29-32)26(33)31-15-13-30(14-16-31)22-10-6-21(27)7-11-22/h2-12,17-18H,13-16H2,1H3. The Kier molecular flexibility index (Phi) is 5.84. The SMILES string of the molecule is Cc1ccc(-n2nc(C(=O)N3CCN(c4ccc(Cl)cc4)CC3)cc2-c2cccnc2)cc1. The van der Waals surface area contributed by atoms with E-state index in [9.17, 15) is 4.79 Å². The summed E-state index contributed by atoms with van der Waals surface area (Å²) in [6, 6.07) is 21.7. The fourth-order valence-electron chi connectivity index (χ4n) is 4.07. The van der Waals surface area contributed by atoms with Crippen LogP contribution in [0.25, 0.3) is 16.9 Å². The Labute approximate surface area is 198 Å². The van der Waals surface area contributed by atoms with Crippen molar-refractivity contribution in [3.63, 3.8) is 0 Å². The van der Waals surface area contributed by atoms with Crippen molar-refractivity contribution < 1.29 is 4.79 Å². The molecule has 0 unspecified atom stereocenters. The van der Waals surface area contributed by atoms with Gasteiger partial charge in [0.05, 0.1) is 11.4 Å². The Bertz CT molecular complexity index is 1240. The van der Waals surface area contributed by atoms with Crippen LogP contribution in [0.15, 0.2) is 79.1 Å². The number of nitrogens with zero attached hydrogens (tertiary/aromatic N) is 5. The van der Waals surface area contributed by atoms with E-state index in [1.54, 1.807) is 12.4 Å². The molecule has 0 saturated carbocycles. The minimum Gasteiger partial charge on any atom is -0.368 e. The van der Waals surface area contributed by atoms with Gasteiger partial charge in [0, 0.05) is 54.8 Å². The van der Waals surface area contributed by atoms with Crippen molar-refractivity contribution in [1.29, 1.82) is 0 Å². The largest absolute Gasteiger partial charge is 0.368 e. The molecule has 4 aromatic rings. The quantitative estimate of drug-likeness (QED) is 0.439. The first-order valence-corrected chi connectivity index (χ1v) is 11.3. The molecule has 5 rings (SSSR count). The van der Waals surface area contributed by atoms with E-state index in [4.69, 9.17) is 16.7 Å². The number of aryl methyl sites for hydroxylation is 1. The Hall–Kier alpha value is -3.64. The summed E-state index contributed by atoms with van der Waals surface area (Å²) in [5.74, 6) is -0.0539. The normalized spacial score (nSPS) is 13.9. The van der Waals surface area contributed by atoms with Crippen LogP contribution in [0.3, 0.4) is 0 Å². The average Bonchev–Trinajstić information content (AvgIpc) is 3.31. The van der Waals surface area contributed by atoms with Gasteiger partial charge in [-0.05, 0) is 61.5 Å². The summed E-state index contributed by atoms with van der Waals surface area (Å²) in [4.78, 5) is 21.8. The number of anilines is 1. The summed E-state index contributed by atoms with van der Waals surface area (Å²) in [5.41, 5.74) is 5.39. The Balaban J connectivity index is 1.39. The smallest absolute Gasteiger partial charge is 0.274 e. The minimum absolute atomic E-state index is 0.0539. The second-order valence-electron chi connectivity index (χ2n) is 8.16. The summed E-state index contributed by atoms with van der Waals surface area (Å²) >= 11 is 6.01. The van der Waals surface area contributed by atoms with Crippen molar-refractivity contribution in [1.82, 2.24) is 19.7 Å². The third-order valence-corrected chi connectivity index (χ3v) is 6.17. The summed E-state index contributed by atoms with van der Waals surface area (Å²) in [6.45, 7) is 4.86. The van der Waals surface area contributed by atoms with Gasteiger partial charge in [-0.3, -0.25) is 9.78 Å². The van der Waals surface area contributed by atoms with Gasteiger partial charge in [0.2, 0.25) is 0 Å². The van der Waals surface area contributed by atoms with Crippen LogP contribution < -0.4 is 4.90 Å². The summed E-state index contributed by atoms with van der Waals surface area (Å²) < 4.78 is 1.83. The molecule has 33 heavy (non-hydrogen) atoms. The number of amides is 1. The van der Waals surface area contributed by atoms with Crippen LogP contribution in [-0.2, 0) is 0 Å². The molecular formula is C26H24ClN5O. The highest BCUT2D eigenvalue weighted by atomic mass is 35.5. The van der Waals surface area contributed by atoms with Crippen LogP contribution in [0, 0.1) is 6.92 Å². The summed E-state index contributed by atoms with van der Waals surface area (Å²) in [7, 11) is 0. The number of rotatable bonds is 4. The number of pyridine rings is 1. The highest BCUT2D eigenvalue weighted by molar-refractivity contribution is 6.30. The van der Waals surface area contributed by atoms with Gasteiger partial charge >= 0.3 is 0 Å². The van der Waals surface area contributed by atoms with E-state index in [0.717, 1.165) is 40.7 Å². The highest BCUT2D eigenvalue weighted by Crippen LogP contribution is 2.25. The second-order valence-corrected chi connectivity index (χ2v) is 8.60. The van der Waals surface area contributed by atoms with Crippen molar-refractivity contribution in [2.45, 2.75) is 6.92 Å². The fourth-order valence-corrected chi connectivity index (χ4v) is 4.20. The number of benzene rings is 2. The van der Waals surface area contributed by atoms with E-state index < -0.39 is 0 Å². The number of halogens is 1. The molecule has 166 valence electrons. The zero-order chi connectivity index (χ0) is 22.8. The van der Waals surface area contributed by atoms with Crippen LogP contribution in [0.2, 0.25) is 5.02 Å². The predicted octanol–water partition coefficient (Wildman–Crippen LogP) is 4.86. The third-order valence-electron chi connectivity index (χ3n) is 5.92. The topological polar surface area (TPSA) is 54.3 Å². The number of hydrogen-bond donors (Lipinski definition) is 0. The van der Waals surface area contributed by atoms with Gasteiger partial charge in [-0.25, -0.2) is 4.68 Å². The molecule has 1 amide bonds. The number of aromatic nitrogens is 3. The number of carbonyl (C=O) groups is 1. The lowest BCUT2D eigenvalue weighted by Gasteiger charge is -2.35. The number of hydrogen-bond acceptors (Lipinski definition) is 4. The van der Waals surface area contributed by atoms with E-state index in [1.807, 2.05) is 83.2 Å². The first kappa shape index (κ1) is 21.2. The van der Waals surface area contributed by atoms with E-state index in [2.05, 4.69) is 9.88 Å². The zero-order valence-corrected chi connectivity index (χ0v) is 19.1.